The predicted molar refractivity (Wildman–Crippen MR) is 81.8 cm³/mol. The van der Waals surface area contributed by atoms with Crippen LogP contribution in [0.4, 0.5) is 5.69 Å². The first-order chi connectivity index (χ1) is 9.81. The van der Waals surface area contributed by atoms with Gasteiger partial charge in [0.15, 0.2) is 6.04 Å². The zero-order chi connectivity index (χ0) is 13.9. The van der Waals surface area contributed by atoms with Crippen LogP contribution in [-0.2, 0) is 11.3 Å². The maximum absolute atomic E-state index is 12.5. The van der Waals surface area contributed by atoms with Crippen LogP contribution in [0.3, 0.4) is 0 Å². The van der Waals surface area contributed by atoms with Crippen LogP contribution >= 0.6 is 12.2 Å². The molecule has 0 aliphatic carbocycles. The maximum atomic E-state index is 12.5. The van der Waals surface area contributed by atoms with E-state index in [-0.39, 0.29) is 5.91 Å². The van der Waals surface area contributed by atoms with E-state index < -0.39 is 6.04 Å². The highest BCUT2D eigenvalue weighted by Crippen LogP contribution is 2.38. The number of carbonyl (C=O) groups is 1. The number of thiocarbonyl (C=S) groups is 1. The van der Waals surface area contributed by atoms with Crippen LogP contribution in [0.1, 0.15) is 17.2 Å². The highest BCUT2D eigenvalue weighted by atomic mass is 32.1. The van der Waals surface area contributed by atoms with Gasteiger partial charge in [-0.25, -0.2) is 4.99 Å². The summed E-state index contributed by atoms with van der Waals surface area (Å²) in [6.07, 6.45) is 0. The van der Waals surface area contributed by atoms with E-state index in [2.05, 4.69) is 22.4 Å². The third-order valence-corrected chi connectivity index (χ3v) is 3.49. The Hall–Kier alpha value is -2.29. The molecule has 1 unspecified atom stereocenters. The summed E-state index contributed by atoms with van der Waals surface area (Å²) in [5, 5.41) is 2.33. The van der Waals surface area contributed by atoms with Gasteiger partial charge in [0.05, 0.1) is 11.7 Å². The summed E-state index contributed by atoms with van der Waals surface area (Å²) < 4.78 is 0. The van der Waals surface area contributed by atoms with Crippen molar-refractivity contribution in [1.82, 2.24) is 0 Å². The molecular formula is C16H12N2OS. The molecule has 0 spiro atoms. The number of isothiocyanates is 1. The summed E-state index contributed by atoms with van der Waals surface area (Å²) in [5.74, 6) is -0.0487. The molecule has 1 aliphatic heterocycles. The second kappa shape index (κ2) is 5.37. The van der Waals surface area contributed by atoms with Gasteiger partial charge < -0.3 is 4.90 Å². The van der Waals surface area contributed by atoms with Crippen LogP contribution in [0.2, 0.25) is 0 Å². The van der Waals surface area contributed by atoms with Crippen molar-refractivity contribution >= 4 is 29.0 Å². The Morgan fingerprint density at radius 3 is 2.55 bits per heavy atom. The number of hydrogen-bond donors (Lipinski definition) is 0. The van der Waals surface area contributed by atoms with Crippen molar-refractivity contribution in [1.29, 1.82) is 0 Å². The third-order valence-electron chi connectivity index (χ3n) is 3.39. The van der Waals surface area contributed by atoms with Crippen molar-refractivity contribution in [2.45, 2.75) is 12.6 Å². The highest BCUT2D eigenvalue weighted by Gasteiger charge is 2.36. The highest BCUT2D eigenvalue weighted by molar-refractivity contribution is 7.78. The second-order valence-corrected chi connectivity index (χ2v) is 4.77. The summed E-state index contributed by atoms with van der Waals surface area (Å²) in [7, 11) is 0. The number of fused-ring (bicyclic) bond motifs is 1. The number of amides is 1. The largest absolute Gasteiger partial charge is 0.305 e. The van der Waals surface area contributed by atoms with Crippen LogP contribution in [0, 0.1) is 0 Å². The summed E-state index contributed by atoms with van der Waals surface area (Å²) in [6, 6.07) is 17.0. The minimum absolute atomic E-state index is 0.0487. The standard InChI is InChI=1S/C16H12N2OS/c19-16-15(17-11-20)13-8-4-5-9-14(13)18(16)10-12-6-2-1-3-7-12/h1-9,15H,10H2. The fourth-order valence-corrected chi connectivity index (χ4v) is 2.58. The van der Waals surface area contributed by atoms with Gasteiger partial charge in [-0.3, -0.25) is 4.79 Å². The molecule has 0 fully saturated rings. The van der Waals surface area contributed by atoms with Crippen molar-refractivity contribution in [2.24, 2.45) is 4.99 Å². The number of hydrogen-bond acceptors (Lipinski definition) is 3. The fourth-order valence-electron chi connectivity index (χ4n) is 2.47. The van der Waals surface area contributed by atoms with Gasteiger partial charge >= 0.3 is 0 Å². The van der Waals surface area contributed by atoms with Crippen LogP contribution in [0.5, 0.6) is 0 Å². The Kier molecular flexibility index (Phi) is 3.42. The summed E-state index contributed by atoms with van der Waals surface area (Å²) in [5.41, 5.74) is 2.88. The number of carbonyl (C=O) groups excluding carboxylic acids is 1. The zero-order valence-electron chi connectivity index (χ0n) is 10.7. The lowest BCUT2D eigenvalue weighted by molar-refractivity contribution is -0.119. The molecule has 1 heterocycles. The van der Waals surface area contributed by atoms with E-state index in [1.54, 1.807) is 4.90 Å². The molecule has 1 aliphatic rings. The van der Waals surface area contributed by atoms with Gasteiger partial charge in [0.1, 0.15) is 0 Å². The topological polar surface area (TPSA) is 32.7 Å². The van der Waals surface area contributed by atoms with E-state index >= 15 is 0 Å². The lowest BCUT2D eigenvalue weighted by atomic mass is 10.1. The first kappa shape index (κ1) is 12.7. The van der Waals surface area contributed by atoms with Crippen molar-refractivity contribution in [2.75, 3.05) is 4.90 Å². The molecule has 0 saturated heterocycles. The SMILES string of the molecule is O=C1C(N=C=S)c2ccccc2N1Cc1ccccc1. The Bertz CT molecular complexity index is 693. The third kappa shape index (κ3) is 2.16. The molecule has 0 N–H and O–H groups in total. The molecule has 0 bridgehead atoms. The van der Waals surface area contributed by atoms with E-state index in [1.807, 2.05) is 54.6 Å². The van der Waals surface area contributed by atoms with Gasteiger partial charge in [-0.05, 0) is 23.8 Å². The summed E-state index contributed by atoms with van der Waals surface area (Å²) in [4.78, 5) is 18.3. The summed E-state index contributed by atoms with van der Waals surface area (Å²) in [6.45, 7) is 0.542. The molecule has 3 rings (SSSR count). The monoisotopic (exact) mass is 280 g/mol. The molecule has 1 atom stereocenters. The van der Waals surface area contributed by atoms with E-state index in [4.69, 9.17) is 0 Å². The van der Waals surface area contributed by atoms with Crippen molar-refractivity contribution in [3.8, 4) is 0 Å². The number of anilines is 1. The molecule has 98 valence electrons. The molecule has 2 aromatic carbocycles. The van der Waals surface area contributed by atoms with Crippen LogP contribution in [0.25, 0.3) is 0 Å². The number of rotatable bonds is 3. The van der Waals surface area contributed by atoms with E-state index in [9.17, 15) is 4.79 Å². The average Bonchev–Trinajstić information content (AvgIpc) is 2.75. The maximum Gasteiger partial charge on any atom is 0.257 e. The minimum Gasteiger partial charge on any atom is -0.305 e. The zero-order valence-corrected chi connectivity index (χ0v) is 11.5. The first-order valence-electron chi connectivity index (χ1n) is 6.32. The molecule has 4 heteroatoms. The second-order valence-electron chi connectivity index (χ2n) is 4.59. The van der Waals surface area contributed by atoms with Gasteiger partial charge in [-0.2, -0.15) is 0 Å². The normalized spacial score (nSPS) is 16.7. The molecule has 20 heavy (non-hydrogen) atoms. The number of para-hydroxylation sites is 1. The molecule has 0 radical (unpaired) electrons. The van der Waals surface area contributed by atoms with Gasteiger partial charge in [0, 0.05) is 11.3 Å². The van der Waals surface area contributed by atoms with Crippen LogP contribution in [-0.4, -0.2) is 11.1 Å². The fraction of sp³-hybridized carbons (Fsp3) is 0.125. The quantitative estimate of drug-likeness (QED) is 0.638. The van der Waals surface area contributed by atoms with E-state index in [1.165, 1.54) is 0 Å². The van der Waals surface area contributed by atoms with Gasteiger partial charge in [0.25, 0.3) is 5.91 Å². The molecule has 1 amide bonds. The van der Waals surface area contributed by atoms with Gasteiger partial charge in [-0.1, -0.05) is 48.5 Å². The Balaban J connectivity index is 2.00. The number of benzene rings is 2. The average molecular weight is 280 g/mol. The molecule has 0 aromatic heterocycles. The van der Waals surface area contributed by atoms with Crippen LogP contribution in [0.15, 0.2) is 59.6 Å². The predicted octanol–water partition coefficient (Wildman–Crippen LogP) is 3.38. The number of nitrogens with zero attached hydrogens (tertiary/aromatic N) is 2. The van der Waals surface area contributed by atoms with Crippen molar-refractivity contribution < 1.29 is 4.79 Å². The van der Waals surface area contributed by atoms with E-state index in [0.717, 1.165) is 16.8 Å². The summed E-state index contributed by atoms with van der Waals surface area (Å²) >= 11 is 4.65. The van der Waals surface area contributed by atoms with Crippen molar-refractivity contribution in [3.05, 3.63) is 65.7 Å². The minimum atomic E-state index is -0.549. The molecule has 0 saturated carbocycles. The van der Waals surface area contributed by atoms with Crippen LogP contribution < -0.4 is 4.90 Å². The Morgan fingerprint density at radius 1 is 1.10 bits per heavy atom. The lowest BCUT2D eigenvalue weighted by Crippen LogP contribution is -2.27. The Labute approximate surface area is 122 Å². The number of aliphatic imine (C=N–C) groups is 1. The van der Waals surface area contributed by atoms with Gasteiger partial charge in [0.2, 0.25) is 0 Å². The smallest absolute Gasteiger partial charge is 0.257 e. The Morgan fingerprint density at radius 2 is 1.80 bits per heavy atom. The first-order valence-corrected chi connectivity index (χ1v) is 6.73. The van der Waals surface area contributed by atoms with Crippen molar-refractivity contribution in [3.63, 3.8) is 0 Å². The lowest BCUT2D eigenvalue weighted by Gasteiger charge is -2.17. The van der Waals surface area contributed by atoms with E-state index in [0.29, 0.717) is 6.54 Å². The molecule has 3 nitrogen and oxygen atoms in total. The molecule has 2 aromatic rings. The van der Waals surface area contributed by atoms with Gasteiger partial charge in [-0.15, -0.1) is 0 Å². The molecular weight excluding hydrogens is 268 g/mol.